The molecule has 0 heterocycles. The van der Waals surface area contributed by atoms with Gasteiger partial charge in [-0.25, -0.2) is 0 Å². The van der Waals surface area contributed by atoms with Crippen LogP contribution >= 0.6 is 0 Å². The van der Waals surface area contributed by atoms with Crippen LogP contribution in [0.3, 0.4) is 0 Å². The zero-order valence-electron chi connectivity index (χ0n) is 13.5. The maximum Gasteiger partial charge on any atom is 0.163 e. The van der Waals surface area contributed by atoms with Crippen LogP contribution in [0.25, 0.3) is 0 Å². The molecule has 0 aliphatic heterocycles. The van der Waals surface area contributed by atoms with E-state index >= 15 is 0 Å². The van der Waals surface area contributed by atoms with Crippen molar-refractivity contribution in [3.8, 4) is 0 Å². The van der Waals surface area contributed by atoms with E-state index in [0.717, 1.165) is 30.3 Å². The average Bonchev–Trinajstić information content (AvgIpc) is 2.49. The highest BCUT2D eigenvalue weighted by molar-refractivity contribution is 5.98. The normalized spacial score (nSPS) is 10.6. The summed E-state index contributed by atoms with van der Waals surface area (Å²) >= 11 is 0. The third-order valence-corrected chi connectivity index (χ3v) is 3.94. The van der Waals surface area contributed by atoms with E-state index in [4.69, 9.17) is 0 Å². The molecule has 1 aromatic carbocycles. The molecule has 0 unspecified atom stereocenters. The molecular formula is C19H28O2. The SMILES string of the molecule is CCCCCCCCCCC(=O)c1ccc(C=O)cc1C. The average molecular weight is 288 g/mol. The van der Waals surface area contributed by atoms with E-state index in [9.17, 15) is 9.59 Å². The molecule has 0 aliphatic rings. The van der Waals surface area contributed by atoms with Crippen LogP contribution in [0.15, 0.2) is 18.2 Å². The second kappa shape index (κ2) is 10.3. The molecule has 0 amide bonds. The Morgan fingerprint density at radius 3 is 2.19 bits per heavy atom. The summed E-state index contributed by atoms with van der Waals surface area (Å²) in [4.78, 5) is 22.8. The van der Waals surface area contributed by atoms with E-state index in [2.05, 4.69) is 6.92 Å². The first-order chi connectivity index (χ1) is 10.2. The van der Waals surface area contributed by atoms with Gasteiger partial charge in [0.2, 0.25) is 0 Å². The predicted octanol–water partition coefficient (Wildman–Crippen LogP) is 5.52. The number of ketones is 1. The molecule has 0 radical (unpaired) electrons. The van der Waals surface area contributed by atoms with Crippen LogP contribution in [0, 0.1) is 6.92 Å². The molecule has 0 N–H and O–H groups in total. The lowest BCUT2D eigenvalue weighted by Gasteiger charge is -2.06. The van der Waals surface area contributed by atoms with Crippen molar-refractivity contribution in [2.75, 3.05) is 0 Å². The molecule has 1 rings (SSSR count). The Morgan fingerprint density at radius 1 is 1.00 bits per heavy atom. The number of carbonyl (C=O) groups is 2. The minimum Gasteiger partial charge on any atom is -0.298 e. The summed E-state index contributed by atoms with van der Waals surface area (Å²) in [7, 11) is 0. The standard InChI is InChI=1S/C19H28O2/c1-3-4-5-6-7-8-9-10-11-19(21)18-13-12-17(15-20)14-16(18)2/h12-15H,3-11H2,1-2H3. The lowest BCUT2D eigenvalue weighted by molar-refractivity contribution is 0.0977. The Bertz CT molecular complexity index is 449. The molecule has 0 bridgehead atoms. The number of carbonyl (C=O) groups excluding carboxylic acids is 2. The maximum atomic E-state index is 12.2. The number of unbranched alkanes of at least 4 members (excludes halogenated alkanes) is 7. The first kappa shape index (κ1) is 17.6. The van der Waals surface area contributed by atoms with Crippen LogP contribution in [0.5, 0.6) is 0 Å². The number of hydrogen-bond acceptors (Lipinski definition) is 2. The number of aryl methyl sites for hydroxylation is 1. The number of hydrogen-bond donors (Lipinski definition) is 0. The van der Waals surface area contributed by atoms with Crippen molar-refractivity contribution < 1.29 is 9.59 Å². The lowest BCUT2D eigenvalue weighted by Crippen LogP contribution is -2.02. The molecule has 0 spiro atoms. The number of Topliss-reactive ketones (excluding diaryl/α,β-unsaturated/α-hetero) is 1. The minimum atomic E-state index is 0.205. The minimum absolute atomic E-state index is 0.205. The fourth-order valence-electron chi connectivity index (χ4n) is 2.63. The van der Waals surface area contributed by atoms with Crippen LogP contribution in [0.1, 0.15) is 91.0 Å². The first-order valence-corrected chi connectivity index (χ1v) is 8.28. The van der Waals surface area contributed by atoms with E-state index in [-0.39, 0.29) is 5.78 Å². The molecule has 0 saturated heterocycles. The van der Waals surface area contributed by atoms with Gasteiger partial charge in [-0.15, -0.1) is 0 Å². The first-order valence-electron chi connectivity index (χ1n) is 8.28. The molecule has 21 heavy (non-hydrogen) atoms. The highest BCUT2D eigenvalue weighted by Crippen LogP contribution is 2.15. The van der Waals surface area contributed by atoms with Gasteiger partial charge in [-0.2, -0.15) is 0 Å². The second-order valence-electron chi connectivity index (χ2n) is 5.84. The lowest BCUT2D eigenvalue weighted by atomic mass is 9.98. The third-order valence-electron chi connectivity index (χ3n) is 3.94. The molecule has 0 aromatic heterocycles. The van der Waals surface area contributed by atoms with Gasteiger partial charge in [0.25, 0.3) is 0 Å². The third kappa shape index (κ3) is 6.70. The van der Waals surface area contributed by atoms with Gasteiger partial charge < -0.3 is 0 Å². The molecule has 2 nitrogen and oxygen atoms in total. The van der Waals surface area contributed by atoms with Gasteiger partial charge in [0.1, 0.15) is 6.29 Å². The highest BCUT2D eigenvalue weighted by Gasteiger charge is 2.09. The molecule has 0 aliphatic carbocycles. The number of benzene rings is 1. The summed E-state index contributed by atoms with van der Waals surface area (Å²) < 4.78 is 0. The molecule has 1 aromatic rings. The van der Waals surface area contributed by atoms with Gasteiger partial charge in [0, 0.05) is 17.5 Å². The molecule has 116 valence electrons. The van der Waals surface area contributed by atoms with Gasteiger partial charge in [-0.3, -0.25) is 9.59 Å². The van der Waals surface area contributed by atoms with Crippen molar-refractivity contribution in [1.82, 2.24) is 0 Å². The van der Waals surface area contributed by atoms with Crippen molar-refractivity contribution in [3.05, 3.63) is 34.9 Å². The second-order valence-corrected chi connectivity index (χ2v) is 5.84. The summed E-state index contributed by atoms with van der Waals surface area (Å²) in [5, 5.41) is 0. The molecule has 0 atom stereocenters. The topological polar surface area (TPSA) is 34.1 Å². The van der Waals surface area contributed by atoms with Crippen LogP contribution in [0.4, 0.5) is 0 Å². The molecular weight excluding hydrogens is 260 g/mol. The zero-order valence-corrected chi connectivity index (χ0v) is 13.5. The quantitative estimate of drug-likeness (QED) is 0.305. The largest absolute Gasteiger partial charge is 0.298 e. The van der Waals surface area contributed by atoms with Gasteiger partial charge in [-0.05, 0) is 25.0 Å². The van der Waals surface area contributed by atoms with Crippen LogP contribution in [-0.4, -0.2) is 12.1 Å². The molecule has 0 fully saturated rings. The van der Waals surface area contributed by atoms with Gasteiger partial charge in [0.05, 0.1) is 0 Å². The van der Waals surface area contributed by atoms with E-state index in [1.165, 1.54) is 38.5 Å². The number of aldehydes is 1. The van der Waals surface area contributed by atoms with Crippen molar-refractivity contribution >= 4 is 12.1 Å². The van der Waals surface area contributed by atoms with Crippen molar-refractivity contribution in [1.29, 1.82) is 0 Å². The molecule has 0 saturated carbocycles. The fourth-order valence-corrected chi connectivity index (χ4v) is 2.63. The van der Waals surface area contributed by atoms with Crippen molar-refractivity contribution in [2.45, 2.75) is 71.6 Å². The summed E-state index contributed by atoms with van der Waals surface area (Å²) in [5.74, 6) is 0.205. The Kier molecular flexibility index (Phi) is 8.65. The smallest absolute Gasteiger partial charge is 0.163 e. The van der Waals surface area contributed by atoms with E-state index in [0.29, 0.717) is 12.0 Å². The fraction of sp³-hybridized carbons (Fsp3) is 0.579. The molecule has 2 heteroatoms. The van der Waals surface area contributed by atoms with Crippen LogP contribution < -0.4 is 0 Å². The van der Waals surface area contributed by atoms with Crippen LogP contribution in [-0.2, 0) is 0 Å². The zero-order chi connectivity index (χ0) is 15.5. The number of rotatable bonds is 11. The van der Waals surface area contributed by atoms with E-state index < -0.39 is 0 Å². The highest BCUT2D eigenvalue weighted by atomic mass is 16.1. The van der Waals surface area contributed by atoms with E-state index in [1.807, 2.05) is 6.92 Å². The van der Waals surface area contributed by atoms with Crippen molar-refractivity contribution in [2.24, 2.45) is 0 Å². The van der Waals surface area contributed by atoms with Crippen molar-refractivity contribution in [3.63, 3.8) is 0 Å². The summed E-state index contributed by atoms with van der Waals surface area (Å²) in [6, 6.07) is 5.29. The van der Waals surface area contributed by atoms with Gasteiger partial charge in [-0.1, -0.05) is 64.0 Å². The van der Waals surface area contributed by atoms with Gasteiger partial charge in [0.15, 0.2) is 5.78 Å². The maximum absolute atomic E-state index is 12.2. The Balaban J connectivity index is 2.23. The Morgan fingerprint density at radius 2 is 1.62 bits per heavy atom. The Hall–Kier alpha value is -1.44. The summed E-state index contributed by atoms with van der Waals surface area (Å²) in [6.45, 7) is 4.13. The Labute approximate surface area is 128 Å². The predicted molar refractivity (Wildman–Crippen MR) is 88.1 cm³/mol. The summed E-state index contributed by atoms with van der Waals surface area (Å²) in [5.41, 5.74) is 2.31. The van der Waals surface area contributed by atoms with Gasteiger partial charge >= 0.3 is 0 Å². The van der Waals surface area contributed by atoms with Crippen LogP contribution in [0.2, 0.25) is 0 Å². The monoisotopic (exact) mass is 288 g/mol. The van der Waals surface area contributed by atoms with E-state index in [1.54, 1.807) is 18.2 Å². The summed E-state index contributed by atoms with van der Waals surface area (Å²) in [6.07, 6.45) is 11.4.